The van der Waals surface area contributed by atoms with Gasteiger partial charge in [0.25, 0.3) is 11.3 Å². The average Bonchev–Trinajstić information content (AvgIpc) is 3.29. The van der Waals surface area contributed by atoms with Gasteiger partial charge in [0.05, 0.1) is 36.1 Å². The first-order valence-corrected chi connectivity index (χ1v) is 12.7. The zero-order chi connectivity index (χ0) is 28.2. The van der Waals surface area contributed by atoms with Crippen molar-refractivity contribution in [3.05, 3.63) is 106 Å². The fourth-order valence-electron chi connectivity index (χ4n) is 5.33. The number of carbonyl (C=O) groups is 2. The summed E-state index contributed by atoms with van der Waals surface area (Å²) in [5, 5.41) is 6.45. The fourth-order valence-corrected chi connectivity index (χ4v) is 5.33. The van der Waals surface area contributed by atoms with Crippen molar-refractivity contribution < 1.29 is 28.2 Å². The summed E-state index contributed by atoms with van der Waals surface area (Å²) in [4.78, 5) is 42.4. The van der Waals surface area contributed by atoms with Crippen LogP contribution in [0.2, 0.25) is 0 Å². The van der Waals surface area contributed by atoms with Crippen molar-refractivity contribution in [3.63, 3.8) is 0 Å². The van der Waals surface area contributed by atoms with E-state index in [0.29, 0.717) is 33.7 Å². The molecule has 6 rings (SSSR count). The molecule has 2 aliphatic rings. The van der Waals surface area contributed by atoms with Gasteiger partial charge in [0.2, 0.25) is 0 Å². The second-order valence-electron chi connectivity index (χ2n) is 10.3. The molecular formula is C31H26N2O7. The second kappa shape index (κ2) is 9.08. The van der Waals surface area contributed by atoms with E-state index >= 15 is 0 Å². The number of methoxy groups -OCH3 is 1. The summed E-state index contributed by atoms with van der Waals surface area (Å²) in [6, 6.07) is 21.0. The summed E-state index contributed by atoms with van der Waals surface area (Å²) in [6.07, 6.45) is 1.29. The largest absolute Gasteiger partial charge is 0.497 e. The van der Waals surface area contributed by atoms with E-state index in [-0.39, 0.29) is 5.56 Å². The van der Waals surface area contributed by atoms with Crippen LogP contribution in [-0.4, -0.2) is 36.1 Å². The van der Waals surface area contributed by atoms with Crippen LogP contribution in [0, 0.1) is 6.92 Å². The maximum absolute atomic E-state index is 14.1. The molecule has 0 saturated carbocycles. The Kier molecular flexibility index (Phi) is 5.76. The lowest BCUT2D eigenvalue weighted by molar-refractivity contribution is -0.242. The SMILES string of the molecule is COc1ccc(C2=NN(c3ccccc3)C3(C(=O)OC(C)(C)OC3=O)C2c2coc3ccc(C)cc3c2=O)cc1. The van der Waals surface area contributed by atoms with Gasteiger partial charge in [-0.2, -0.15) is 5.10 Å². The lowest BCUT2D eigenvalue weighted by atomic mass is 9.74. The van der Waals surface area contributed by atoms with Crippen LogP contribution < -0.4 is 15.2 Å². The van der Waals surface area contributed by atoms with E-state index in [2.05, 4.69) is 0 Å². The lowest BCUT2D eigenvalue weighted by Crippen LogP contribution is -2.67. The number of esters is 2. The van der Waals surface area contributed by atoms with Gasteiger partial charge in [-0.3, -0.25) is 4.79 Å². The van der Waals surface area contributed by atoms with Gasteiger partial charge < -0.3 is 18.6 Å². The quantitative estimate of drug-likeness (QED) is 0.272. The lowest BCUT2D eigenvalue weighted by Gasteiger charge is -2.44. The Morgan fingerprint density at radius 1 is 0.900 bits per heavy atom. The molecule has 1 spiro atoms. The zero-order valence-electron chi connectivity index (χ0n) is 22.3. The maximum atomic E-state index is 14.1. The first-order valence-electron chi connectivity index (χ1n) is 12.7. The van der Waals surface area contributed by atoms with Crippen LogP contribution in [0.1, 0.15) is 36.5 Å². The Morgan fingerprint density at radius 3 is 2.23 bits per heavy atom. The number of rotatable bonds is 4. The minimum Gasteiger partial charge on any atom is -0.497 e. The number of anilines is 1. The van der Waals surface area contributed by atoms with Crippen molar-refractivity contribution in [2.75, 3.05) is 12.1 Å². The predicted molar refractivity (Wildman–Crippen MR) is 147 cm³/mol. The highest BCUT2D eigenvalue weighted by molar-refractivity contribution is 6.22. The van der Waals surface area contributed by atoms with E-state index < -0.39 is 34.6 Å². The van der Waals surface area contributed by atoms with Crippen molar-refractivity contribution in [2.24, 2.45) is 5.10 Å². The minimum absolute atomic E-state index is 0.0692. The third-order valence-corrected chi connectivity index (χ3v) is 7.18. The van der Waals surface area contributed by atoms with Crippen molar-refractivity contribution >= 4 is 34.3 Å². The van der Waals surface area contributed by atoms with Crippen molar-refractivity contribution in [3.8, 4) is 5.75 Å². The fraction of sp³-hybridized carbons (Fsp3) is 0.226. The number of nitrogens with zero attached hydrogens (tertiary/aromatic N) is 2. The number of hydrogen-bond donors (Lipinski definition) is 0. The second-order valence-corrected chi connectivity index (χ2v) is 10.3. The zero-order valence-corrected chi connectivity index (χ0v) is 22.3. The molecule has 0 amide bonds. The molecule has 1 aromatic heterocycles. The number of fused-ring (bicyclic) bond motifs is 1. The Hall–Kier alpha value is -4.92. The van der Waals surface area contributed by atoms with Crippen LogP contribution >= 0.6 is 0 Å². The smallest absolute Gasteiger partial charge is 0.350 e. The van der Waals surface area contributed by atoms with E-state index in [1.54, 1.807) is 73.8 Å². The van der Waals surface area contributed by atoms with Gasteiger partial charge in [-0.1, -0.05) is 29.8 Å². The first kappa shape index (κ1) is 25.4. The Labute approximate surface area is 229 Å². The van der Waals surface area contributed by atoms with Gasteiger partial charge in [-0.15, -0.1) is 0 Å². The minimum atomic E-state index is -2.18. The molecule has 3 aromatic carbocycles. The highest BCUT2D eigenvalue weighted by Crippen LogP contribution is 2.48. The van der Waals surface area contributed by atoms with Crippen molar-refractivity contribution in [2.45, 2.75) is 38.0 Å². The van der Waals surface area contributed by atoms with Crippen LogP contribution in [-0.2, 0) is 19.1 Å². The molecular weight excluding hydrogens is 512 g/mol. The number of para-hydroxylation sites is 1. The number of hydrogen-bond acceptors (Lipinski definition) is 9. The summed E-state index contributed by atoms with van der Waals surface area (Å²) in [5.74, 6) is -3.93. The highest BCUT2D eigenvalue weighted by Gasteiger charge is 2.70. The molecule has 3 heterocycles. The number of aryl methyl sites for hydroxylation is 1. The number of carbonyl (C=O) groups excluding carboxylic acids is 2. The van der Waals surface area contributed by atoms with E-state index in [1.807, 2.05) is 13.0 Å². The Balaban J connectivity index is 1.68. The molecule has 2 aliphatic heterocycles. The van der Waals surface area contributed by atoms with Crippen LogP contribution in [0.5, 0.6) is 5.75 Å². The van der Waals surface area contributed by atoms with Crippen LogP contribution in [0.4, 0.5) is 5.69 Å². The summed E-state index contributed by atoms with van der Waals surface area (Å²) in [6.45, 7) is 4.82. The summed E-state index contributed by atoms with van der Waals surface area (Å²) in [7, 11) is 1.55. The van der Waals surface area contributed by atoms with E-state index in [4.69, 9.17) is 23.7 Å². The molecule has 1 unspecified atom stereocenters. The molecule has 1 saturated heterocycles. The molecule has 1 atom stereocenters. The van der Waals surface area contributed by atoms with Crippen molar-refractivity contribution in [1.29, 1.82) is 0 Å². The molecule has 40 heavy (non-hydrogen) atoms. The van der Waals surface area contributed by atoms with E-state index in [9.17, 15) is 14.4 Å². The molecule has 0 bridgehead atoms. The molecule has 0 radical (unpaired) electrons. The molecule has 1 fully saturated rings. The molecule has 202 valence electrons. The average molecular weight is 539 g/mol. The number of hydrazone groups is 1. The summed E-state index contributed by atoms with van der Waals surface area (Å²) < 4.78 is 22.6. The van der Waals surface area contributed by atoms with Gasteiger partial charge in [-0.25, -0.2) is 14.6 Å². The Morgan fingerprint density at radius 2 is 1.57 bits per heavy atom. The highest BCUT2D eigenvalue weighted by atomic mass is 16.7. The van der Waals surface area contributed by atoms with Gasteiger partial charge in [-0.05, 0) is 61.0 Å². The summed E-state index contributed by atoms with van der Waals surface area (Å²) >= 11 is 0. The summed E-state index contributed by atoms with van der Waals surface area (Å²) in [5.41, 5.74) is 0.0204. The maximum Gasteiger partial charge on any atom is 0.350 e. The van der Waals surface area contributed by atoms with Gasteiger partial charge >= 0.3 is 11.9 Å². The predicted octanol–water partition coefficient (Wildman–Crippen LogP) is 4.69. The number of ether oxygens (including phenoxy) is 3. The number of cyclic esters (lactones) is 2. The van der Waals surface area contributed by atoms with E-state index in [1.165, 1.54) is 25.1 Å². The number of benzene rings is 3. The van der Waals surface area contributed by atoms with Gasteiger partial charge in [0.15, 0.2) is 5.43 Å². The van der Waals surface area contributed by atoms with E-state index in [0.717, 1.165) is 5.56 Å². The van der Waals surface area contributed by atoms with Gasteiger partial charge in [0.1, 0.15) is 11.3 Å². The van der Waals surface area contributed by atoms with Crippen molar-refractivity contribution in [1.82, 2.24) is 0 Å². The topological polar surface area (TPSA) is 108 Å². The Bertz CT molecular complexity index is 1720. The first-order chi connectivity index (χ1) is 19.2. The third kappa shape index (κ3) is 3.77. The monoisotopic (exact) mass is 538 g/mol. The molecule has 9 heteroatoms. The molecule has 9 nitrogen and oxygen atoms in total. The molecule has 0 aliphatic carbocycles. The molecule has 0 N–H and O–H groups in total. The van der Waals surface area contributed by atoms with Gasteiger partial charge in [0, 0.05) is 19.4 Å². The van der Waals surface area contributed by atoms with Crippen LogP contribution in [0.25, 0.3) is 11.0 Å². The van der Waals surface area contributed by atoms with Crippen LogP contribution in [0.15, 0.2) is 93.4 Å². The third-order valence-electron chi connectivity index (χ3n) is 7.18. The van der Waals surface area contributed by atoms with Crippen LogP contribution in [0.3, 0.4) is 0 Å². The normalized spacial score (nSPS) is 19.4. The standard InChI is InChI=1S/C31H26N2O7/c1-18-10-15-24-22(16-18)27(34)23(17-38-24)25-26(19-11-13-21(37-4)14-12-19)32-33(20-8-6-5-7-9-20)31(25)28(35)39-30(2,3)40-29(31)36/h5-17,25H,1-4H3. The molecule has 4 aromatic rings.